The number of amides is 3. The zero-order valence-corrected chi connectivity index (χ0v) is 29.7. The Labute approximate surface area is 287 Å². The van der Waals surface area contributed by atoms with Crippen LogP contribution in [-0.2, 0) is 27.8 Å². The maximum atomic E-state index is 14.1. The highest BCUT2D eigenvalue weighted by atomic mass is 32.2. The van der Waals surface area contributed by atoms with E-state index in [0.717, 1.165) is 16.3 Å². The van der Waals surface area contributed by atoms with Crippen LogP contribution in [0.3, 0.4) is 0 Å². The first-order valence-electron chi connectivity index (χ1n) is 16.1. The first kappa shape index (κ1) is 37.0. The van der Waals surface area contributed by atoms with Gasteiger partial charge >= 0.3 is 6.03 Å². The summed E-state index contributed by atoms with van der Waals surface area (Å²) in [5.74, 6) is -0.705. The minimum Gasteiger partial charge on any atom is -0.411 e. The van der Waals surface area contributed by atoms with Gasteiger partial charge in [0.05, 0.1) is 40.5 Å². The van der Waals surface area contributed by atoms with Crippen LogP contribution in [0.25, 0.3) is 0 Å². The van der Waals surface area contributed by atoms with E-state index in [2.05, 4.69) is 15.5 Å². The SMILES string of the molecule is Cc1nc(CN2CCN([C@H](C(=O)N[C@@H](Cc3ccccc3)[C@H](O)CN(CC(C)C)S(=O)(=O)c3ccc(/C=N/O)cc3)C(C)C)C2=O)cs1. The molecule has 0 bridgehead atoms. The number of carbonyl (C=O) groups is 2. The molecule has 12 nitrogen and oxygen atoms in total. The van der Waals surface area contributed by atoms with Gasteiger partial charge in [-0.2, -0.15) is 4.31 Å². The molecular weight excluding hydrogens is 653 g/mol. The smallest absolute Gasteiger partial charge is 0.321 e. The van der Waals surface area contributed by atoms with Gasteiger partial charge in [0.15, 0.2) is 0 Å². The third-order valence-electron chi connectivity index (χ3n) is 8.16. The molecule has 1 saturated heterocycles. The highest BCUT2D eigenvalue weighted by molar-refractivity contribution is 7.89. The van der Waals surface area contributed by atoms with Gasteiger partial charge in [-0.15, -0.1) is 11.3 Å². The van der Waals surface area contributed by atoms with Crippen molar-refractivity contribution in [1.29, 1.82) is 0 Å². The molecule has 0 spiro atoms. The van der Waals surface area contributed by atoms with Crippen molar-refractivity contribution in [2.45, 2.75) is 70.7 Å². The minimum atomic E-state index is -4.05. The molecule has 0 aliphatic carbocycles. The average molecular weight is 699 g/mol. The second-order valence-corrected chi connectivity index (χ2v) is 15.8. The third kappa shape index (κ3) is 9.40. The summed E-state index contributed by atoms with van der Waals surface area (Å²) >= 11 is 1.52. The molecule has 3 aromatic rings. The lowest BCUT2D eigenvalue weighted by atomic mass is 9.97. The Morgan fingerprint density at radius 2 is 1.77 bits per heavy atom. The standard InChI is InChI=1S/C34H46N6O6S2/c1-23(2)19-39(48(45,46)29-13-11-27(12-14-29)18-35-44)21-31(41)30(17-26-9-7-6-8-10-26)37-33(42)32(24(3)4)40-16-15-38(34(40)43)20-28-22-47-25(5)36-28/h6-14,18,22-24,30-32,41,44H,15-17,19-21H2,1-5H3,(H,37,42)/b35-18+/t30-,31+,32-/m0/s1. The van der Waals surface area contributed by atoms with E-state index in [1.165, 1.54) is 46.1 Å². The van der Waals surface area contributed by atoms with Gasteiger partial charge in [0.2, 0.25) is 15.9 Å². The minimum absolute atomic E-state index is 0.0267. The number of carbonyl (C=O) groups excluding carboxylic acids is 2. The summed E-state index contributed by atoms with van der Waals surface area (Å²) < 4.78 is 28.9. The summed E-state index contributed by atoms with van der Waals surface area (Å²) in [6.07, 6.45) is 0.157. The van der Waals surface area contributed by atoms with Crippen molar-refractivity contribution in [2.75, 3.05) is 26.2 Å². The lowest BCUT2D eigenvalue weighted by Crippen LogP contribution is -2.57. The van der Waals surface area contributed by atoms with Crippen LogP contribution < -0.4 is 5.32 Å². The summed E-state index contributed by atoms with van der Waals surface area (Å²) in [6, 6.07) is 13.3. The number of aliphatic hydroxyl groups is 1. The fourth-order valence-corrected chi connectivity index (χ4v) is 8.09. The van der Waals surface area contributed by atoms with Gasteiger partial charge in [-0.1, -0.05) is 75.3 Å². The monoisotopic (exact) mass is 698 g/mol. The number of aromatic nitrogens is 1. The molecule has 260 valence electrons. The molecule has 1 aliphatic heterocycles. The molecule has 0 saturated carbocycles. The van der Waals surface area contributed by atoms with E-state index in [9.17, 15) is 23.1 Å². The Hall–Kier alpha value is -3.85. The van der Waals surface area contributed by atoms with Crippen molar-refractivity contribution >= 4 is 39.5 Å². The summed E-state index contributed by atoms with van der Waals surface area (Å²) in [4.78, 5) is 35.3. The van der Waals surface area contributed by atoms with E-state index in [1.807, 2.05) is 70.3 Å². The zero-order valence-electron chi connectivity index (χ0n) is 28.1. The Morgan fingerprint density at radius 1 is 1.08 bits per heavy atom. The Kier molecular flexibility index (Phi) is 12.7. The maximum absolute atomic E-state index is 14.1. The molecule has 2 heterocycles. The molecule has 3 N–H and O–H groups in total. The summed E-state index contributed by atoms with van der Waals surface area (Å²) in [5, 5.41) is 29.4. The molecule has 14 heteroatoms. The first-order chi connectivity index (χ1) is 22.8. The predicted molar refractivity (Wildman–Crippen MR) is 185 cm³/mol. The van der Waals surface area contributed by atoms with Gasteiger partial charge in [-0.3, -0.25) is 4.79 Å². The molecule has 0 unspecified atom stereocenters. The summed E-state index contributed by atoms with van der Waals surface area (Å²) in [6.45, 7) is 10.5. The van der Waals surface area contributed by atoms with Crippen molar-refractivity contribution in [1.82, 2.24) is 24.4 Å². The van der Waals surface area contributed by atoms with E-state index in [1.54, 1.807) is 9.80 Å². The van der Waals surface area contributed by atoms with Crippen molar-refractivity contribution in [2.24, 2.45) is 17.0 Å². The van der Waals surface area contributed by atoms with Gasteiger partial charge < -0.3 is 25.4 Å². The van der Waals surface area contributed by atoms with Crippen LogP contribution in [0.4, 0.5) is 4.79 Å². The number of urea groups is 1. The molecule has 3 atom stereocenters. The molecule has 3 amide bonds. The number of aryl methyl sites for hydroxylation is 1. The Morgan fingerprint density at radius 3 is 2.35 bits per heavy atom. The summed E-state index contributed by atoms with van der Waals surface area (Å²) in [5.41, 5.74) is 2.18. The van der Waals surface area contributed by atoms with E-state index >= 15 is 0 Å². The van der Waals surface area contributed by atoms with Crippen molar-refractivity contribution in [3.05, 3.63) is 81.8 Å². The molecule has 1 aromatic heterocycles. The molecule has 1 aliphatic rings. The molecule has 48 heavy (non-hydrogen) atoms. The van der Waals surface area contributed by atoms with Crippen molar-refractivity contribution < 1.29 is 28.3 Å². The van der Waals surface area contributed by atoms with E-state index in [-0.39, 0.29) is 42.3 Å². The fraction of sp³-hybridized carbons (Fsp3) is 0.471. The van der Waals surface area contributed by atoms with Gasteiger partial charge in [0, 0.05) is 31.6 Å². The Balaban J connectivity index is 1.57. The number of aliphatic hydroxyl groups excluding tert-OH is 1. The first-order valence-corrected chi connectivity index (χ1v) is 18.4. The number of hydrogen-bond acceptors (Lipinski definition) is 9. The lowest BCUT2D eigenvalue weighted by Gasteiger charge is -2.34. The molecule has 4 rings (SSSR count). The normalized spacial score (nSPS) is 16.0. The number of oxime groups is 1. The molecule has 1 fully saturated rings. The van der Waals surface area contributed by atoms with Crippen molar-refractivity contribution in [3.8, 4) is 0 Å². The maximum Gasteiger partial charge on any atom is 0.321 e. The Bertz CT molecular complexity index is 1650. The number of thiazole rings is 1. The number of sulfonamides is 1. The van der Waals surface area contributed by atoms with Crippen LogP contribution in [0.1, 0.15) is 49.5 Å². The van der Waals surface area contributed by atoms with Gasteiger partial charge in [-0.25, -0.2) is 18.2 Å². The zero-order chi connectivity index (χ0) is 35.0. The van der Waals surface area contributed by atoms with Gasteiger partial charge in [0.1, 0.15) is 6.04 Å². The molecule has 2 aromatic carbocycles. The van der Waals surface area contributed by atoms with Crippen LogP contribution >= 0.6 is 11.3 Å². The van der Waals surface area contributed by atoms with Gasteiger partial charge in [0.25, 0.3) is 0 Å². The van der Waals surface area contributed by atoms with Crippen LogP contribution in [0.15, 0.2) is 70.0 Å². The average Bonchev–Trinajstić information content (AvgIpc) is 3.61. The number of nitrogens with zero attached hydrogens (tertiary/aromatic N) is 5. The van der Waals surface area contributed by atoms with Crippen LogP contribution in [-0.4, -0.2) is 100 Å². The lowest BCUT2D eigenvalue weighted by molar-refractivity contribution is -0.128. The highest BCUT2D eigenvalue weighted by Gasteiger charge is 2.40. The number of rotatable bonds is 16. The number of benzene rings is 2. The van der Waals surface area contributed by atoms with Crippen molar-refractivity contribution in [3.63, 3.8) is 0 Å². The number of nitrogens with one attached hydrogen (secondary N) is 1. The highest BCUT2D eigenvalue weighted by Crippen LogP contribution is 2.23. The third-order valence-corrected chi connectivity index (χ3v) is 10.8. The van der Waals surface area contributed by atoms with Crippen LogP contribution in [0, 0.1) is 18.8 Å². The van der Waals surface area contributed by atoms with Crippen LogP contribution in [0.5, 0.6) is 0 Å². The van der Waals surface area contributed by atoms with E-state index < -0.39 is 34.1 Å². The second-order valence-electron chi connectivity index (χ2n) is 12.8. The summed E-state index contributed by atoms with van der Waals surface area (Å²) in [7, 11) is -4.05. The van der Waals surface area contributed by atoms with E-state index in [4.69, 9.17) is 5.21 Å². The molecular formula is C34H46N6O6S2. The fourth-order valence-electron chi connectivity index (χ4n) is 5.86. The number of hydrogen-bond donors (Lipinski definition) is 3. The molecule has 0 radical (unpaired) electrons. The van der Waals surface area contributed by atoms with Gasteiger partial charge in [-0.05, 0) is 48.4 Å². The predicted octanol–water partition coefficient (Wildman–Crippen LogP) is 3.96. The largest absolute Gasteiger partial charge is 0.411 e. The van der Waals surface area contributed by atoms with Crippen LogP contribution in [0.2, 0.25) is 0 Å². The topological polar surface area (TPSA) is 156 Å². The quantitative estimate of drug-likeness (QED) is 0.116. The van der Waals surface area contributed by atoms with E-state index in [0.29, 0.717) is 25.2 Å². The second kappa shape index (κ2) is 16.5.